The van der Waals surface area contributed by atoms with Crippen molar-refractivity contribution in [1.29, 1.82) is 0 Å². The molecular formula is C17H30N2O2. The van der Waals surface area contributed by atoms with Crippen molar-refractivity contribution >= 4 is 0 Å². The second-order valence-electron chi connectivity index (χ2n) is 6.69. The molecule has 120 valence electrons. The molecule has 0 aliphatic carbocycles. The Morgan fingerprint density at radius 1 is 1.24 bits per heavy atom. The highest BCUT2D eigenvalue weighted by Crippen LogP contribution is 2.13. The smallest absolute Gasteiger partial charge is 0.0897 e. The van der Waals surface area contributed by atoms with Gasteiger partial charge in [0.15, 0.2) is 0 Å². The van der Waals surface area contributed by atoms with Crippen molar-refractivity contribution < 1.29 is 9.84 Å². The number of aliphatic hydroxyl groups excluding tert-OH is 1. The first-order chi connectivity index (χ1) is 9.89. The van der Waals surface area contributed by atoms with Gasteiger partial charge >= 0.3 is 0 Å². The molecule has 1 rings (SSSR count). The van der Waals surface area contributed by atoms with Crippen LogP contribution in [0.1, 0.15) is 19.4 Å². The first-order valence-electron chi connectivity index (χ1n) is 7.54. The Kier molecular flexibility index (Phi) is 7.89. The number of nitrogens with one attached hydrogen (secondary N) is 1. The molecule has 0 aliphatic heterocycles. The van der Waals surface area contributed by atoms with E-state index >= 15 is 0 Å². The van der Waals surface area contributed by atoms with Gasteiger partial charge in [0.05, 0.1) is 19.3 Å². The summed E-state index contributed by atoms with van der Waals surface area (Å²) in [6.07, 6.45) is -0.469. The molecule has 4 heteroatoms. The third kappa shape index (κ3) is 8.83. The zero-order valence-corrected chi connectivity index (χ0v) is 13.8. The van der Waals surface area contributed by atoms with E-state index in [0.717, 1.165) is 18.7 Å². The van der Waals surface area contributed by atoms with Gasteiger partial charge < -0.3 is 20.1 Å². The van der Waals surface area contributed by atoms with Gasteiger partial charge in [-0.1, -0.05) is 44.2 Å². The highest BCUT2D eigenvalue weighted by Gasteiger charge is 2.18. The van der Waals surface area contributed by atoms with E-state index in [1.165, 1.54) is 0 Å². The van der Waals surface area contributed by atoms with Crippen molar-refractivity contribution in [2.24, 2.45) is 5.41 Å². The molecule has 2 N–H and O–H groups in total. The predicted octanol–water partition coefficient (Wildman–Crippen LogP) is 1.74. The van der Waals surface area contributed by atoms with Crippen molar-refractivity contribution in [3.05, 3.63) is 35.9 Å². The number of hydrogen-bond donors (Lipinski definition) is 2. The SMILES string of the molecule is CN(C)CC(C)(C)CNCC(O)COCc1ccccc1. The number of hydrogen-bond acceptors (Lipinski definition) is 4. The average molecular weight is 294 g/mol. The maximum Gasteiger partial charge on any atom is 0.0897 e. The third-order valence-corrected chi connectivity index (χ3v) is 3.15. The molecule has 0 spiro atoms. The lowest BCUT2D eigenvalue weighted by molar-refractivity contribution is 0.0276. The van der Waals surface area contributed by atoms with Gasteiger partial charge in [-0.25, -0.2) is 0 Å². The Morgan fingerprint density at radius 3 is 2.52 bits per heavy atom. The van der Waals surface area contributed by atoms with Crippen molar-refractivity contribution in [2.75, 3.05) is 40.3 Å². The fourth-order valence-corrected chi connectivity index (χ4v) is 2.44. The fourth-order valence-electron chi connectivity index (χ4n) is 2.44. The van der Waals surface area contributed by atoms with Crippen LogP contribution in [-0.4, -0.2) is 56.4 Å². The predicted molar refractivity (Wildman–Crippen MR) is 87.3 cm³/mol. The summed E-state index contributed by atoms with van der Waals surface area (Å²) in [7, 11) is 4.15. The Morgan fingerprint density at radius 2 is 1.90 bits per heavy atom. The topological polar surface area (TPSA) is 44.7 Å². The molecule has 0 aromatic heterocycles. The van der Waals surface area contributed by atoms with E-state index in [9.17, 15) is 5.11 Å². The summed E-state index contributed by atoms with van der Waals surface area (Å²) in [5.41, 5.74) is 1.32. The lowest BCUT2D eigenvalue weighted by atomic mass is 9.93. The van der Waals surface area contributed by atoms with E-state index in [-0.39, 0.29) is 5.41 Å². The lowest BCUT2D eigenvalue weighted by Gasteiger charge is -2.29. The van der Waals surface area contributed by atoms with Gasteiger partial charge in [-0.2, -0.15) is 0 Å². The molecule has 0 saturated heterocycles. The van der Waals surface area contributed by atoms with Crippen LogP contribution in [0.15, 0.2) is 30.3 Å². The van der Waals surface area contributed by atoms with Crippen LogP contribution < -0.4 is 5.32 Å². The second-order valence-corrected chi connectivity index (χ2v) is 6.69. The highest BCUT2D eigenvalue weighted by molar-refractivity contribution is 5.13. The van der Waals surface area contributed by atoms with Crippen LogP contribution in [0.4, 0.5) is 0 Å². The lowest BCUT2D eigenvalue weighted by Crippen LogP contribution is -2.40. The van der Waals surface area contributed by atoms with Crippen LogP contribution >= 0.6 is 0 Å². The van der Waals surface area contributed by atoms with Crippen molar-refractivity contribution in [2.45, 2.75) is 26.6 Å². The van der Waals surface area contributed by atoms with Gasteiger partial charge in [-0.3, -0.25) is 0 Å². The summed E-state index contributed by atoms with van der Waals surface area (Å²) in [6.45, 7) is 7.80. The van der Waals surface area contributed by atoms with Gasteiger partial charge in [0.2, 0.25) is 0 Å². The maximum absolute atomic E-state index is 9.91. The number of rotatable bonds is 10. The Bertz CT molecular complexity index is 380. The van der Waals surface area contributed by atoms with Gasteiger partial charge in [0.25, 0.3) is 0 Å². The van der Waals surface area contributed by atoms with E-state index in [1.54, 1.807) is 0 Å². The monoisotopic (exact) mass is 294 g/mol. The Balaban J connectivity index is 2.12. The normalized spacial score (nSPS) is 13.6. The van der Waals surface area contributed by atoms with Crippen molar-refractivity contribution in [1.82, 2.24) is 10.2 Å². The zero-order valence-electron chi connectivity index (χ0n) is 13.8. The minimum atomic E-state index is -0.469. The summed E-state index contributed by atoms with van der Waals surface area (Å²) in [6, 6.07) is 10.0. The molecule has 0 heterocycles. The first kappa shape index (κ1) is 18.1. The number of benzene rings is 1. The minimum Gasteiger partial charge on any atom is -0.389 e. The molecular weight excluding hydrogens is 264 g/mol. The third-order valence-electron chi connectivity index (χ3n) is 3.15. The largest absolute Gasteiger partial charge is 0.389 e. The van der Waals surface area contributed by atoms with Gasteiger partial charge in [-0.05, 0) is 25.1 Å². The fraction of sp³-hybridized carbons (Fsp3) is 0.647. The molecule has 1 unspecified atom stereocenters. The van der Waals surface area contributed by atoms with E-state index in [0.29, 0.717) is 19.8 Å². The summed E-state index contributed by atoms with van der Waals surface area (Å²) in [5, 5.41) is 13.2. The number of aliphatic hydroxyl groups is 1. The van der Waals surface area contributed by atoms with Crippen LogP contribution in [0, 0.1) is 5.41 Å². The molecule has 0 fully saturated rings. The molecule has 1 aromatic carbocycles. The molecule has 21 heavy (non-hydrogen) atoms. The molecule has 1 atom stereocenters. The Labute approximate surface area is 129 Å². The summed E-state index contributed by atoms with van der Waals surface area (Å²) in [5.74, 6) is 0. The van der Waals surface area contributed by atoms with E-state index in [2.05, 4.69) is 38.2 Å². The number of ether oxygens (including phenoxy) is 1. The summed E-state index contributed by atoms with van der Waals surface area (Å²) >= 11 is 0. The van der Waals surface area contributed by atoms with Gasteiger partial charge in [0.1, 0.15) is 0 Å². The first-order valence-corrected chi connectivity index (χ1v) is 7.54. The average Bonchev–Trinajstić information content (AvgIpc) is 2.38. The minimum absolute atomic E-state index is 0.189. The molecule has 0 aliphatic rings. The standard InChI is InChI=1S/C17H30N2O2/c1-17(2,14-19(3)4)13-18-10-16(20)12-21-11-15-8-6-5-7-9-15/h5-9,16,18,20H,10-14H2,1-4H3. The highest BCUT2D eigenvalue weighted by atomic mass is 16.5. The summed E-state index contributed by atoms with van der Waals surface area (Å²) < 4.78 is 5.53. The molecule has 0 amide bonds. The van der Waals surface area contributed by atoms with E-state index in [4.69, 9.17) is 4.74 Å². The van der Waals surface area contributed by atoms with Crippen LogP contribution in [0.5, 0.6) is 0 Å². The van der Waals surface area contributed by atoms with E-state index in [1.807, 2.05) is 30.3 Å². The number of nitrogens with zero attached hydrogens (tertiary/aromatic N) is 1. The van der Waals surface area contributed by atoms with Crippen LogP contribution in [0.3, 0.4) is 0 Å². The van der Waals surface area contributed by atoms with Crippen molar-refractivity contribution in [3.63, 3.8) is 0 Å². The molecule has 4 nitrogen and oxygen atoms in total. The van der Waals surface area contributed by atoms with Crippen LogP contribution in [0.25, 0.3) is 0 Å². The molecule has 1 aromatic rings. The molecule has 0 saturated carbocycles. The van der Waals surface area contributed by atoms with Crippen LogP contribution in [-0.2, 0) is 11.3 Å². The quantitative estimate of drug-likeness (QED) is 0.690. The van der Waals surface area contributed by atoms with Crippen LogP contribution in [0.2, 0.25) is 0 Å². The Hall–Kier alpha value is -0.940. The molecule has 0 bridgehead atoms. The summed E-state index contributed by atoms with van der Waals surface area (Å²) in [4.78, 5) is 2.18. The van der Waals surface area contributed by atoms with Gasteiger partial charge in [-0.15, -0.1) is 0 Å². The molecule has 0 radical (unpaired) electrons. The zero-order chi connectivity index (χ0) is 15.7. The maximum atomic E-state index is 9.91. The second kappa shape index (κ2) is 9.15. The van der Waals surface area contributed by atoms with Crippen molar-refractivity contribution in [3.8, 4) is 0 Å². The van der Waals surface area contributed by atoms with E-state index < -0.39 is 6.10 Å². The van der Waals surface area contributed by atoms with Gasteiger partial charge in [0, 0.05) is 19.6 Å².